The van der Waals surface area contributed by atoms with Crippen LogP contribution in [0.25, 0.3) is 0 Å². The van der Waals surface area contributed by atoms with E-state index in [1.807, 2.05) is 47.5 Å². The first-order valence-corrected chi connectivity index (χ1v) is 10.2. The van der Waals surface area contributed by atoms with E-state index in [2.05, 4.69) is 15.5 Å². The average Bonchev–Trinajstić information content (AvgIpc) is 3.45. The molecule has 156 valence electrons. The van der Waals surface area contributed by atoms with E-state index >= 15 is 0 Å². The number of nitrogens with one attached hydrogen (secondary N) is 1. The summed E-state index contributed by atoms with van der Waals surface area (Å²) in [5, 5.41) is 11.3. The number of nitrogens with zero attached hydrogens (tertiary/aromatic N) is 5. The monoisotopic (exact) mass is 406 g/mol. The highest BCUT2D eigenvalue weighted by molar-refractivity contribution is 5.93. The van der Waals surface area contributed by atoms with E-state index in [1.54, 1.807) is 35.0 Å². The Kier molecular flexibility index (Phi) is 5.92. The number of carbonyl (C=O) groups is 2. The fourth-order valence-electron chi connectivity index (χ4n) is 3.89. The summed E-state index contributed by atoms with van der Waals surface area (Å²) in [5.74, 6) is 0.307. The second-order valence-corrected chi connectivity index (χ2v) is 7.68. The Hall–Kier alpha value is -3.42. The van der Waals surface area contributed by atoms with Gasteiger partial charge in [0, 0.05) is 45.3 Å². The number of benzene rings is 1. The highest BCUT2D eigenvalue weighted by atomic mass is 16.2. The second kappa shape index (κ2) is 8.94. The lowest BCUT2D eigenvalue weighted by molar-refractivity contribution is -0.135. The standard InChI is InChI=1S/C22H26N6O2/c1-26-16-19(15-25-26)21(29)23-14-17-8-12-27(13-9-17)22(30)20(28-11-5-10-24-28)18-6-3-2-4-7-18/h2-7,10-11,15-17,20H,8-9,12-14H2,1H3,(H,23,29). The molecule has 3 aromatic rings. The van der Waals surface area contributed by atoms with Gasteiger partial charge in [0.05, 0.1) is 11.8 Å². The van der Waals surface area contributed by atoms with Crippen LogP contribution < -0.4 is 5.32 Å². The number of aromatic nitrogens is 4. The lowest BCUT2D eigenvalue weighted by Gasteiger charge is -2.34. The van der Waals surface area contributed by atoms with Crippen molar-refractivity contribution in [1.82, 2.24) is 29.8 Å². The summed E-state index contributed by atoms with van der Waals surface area (Å²) in [5.41, 5.74) is 1.49. The molecule has 8 nitrogen and oxygen atoms in total. The SMILES string of the molecule is Cn1cc(C(=O)NCC2CCN(C(=O)C(c3ccccc3)n3cccn3)CC2)cn1. The summed E-state index contributed by atoms with van der Waals surface area (Å²) < 4.78 is 3.33. The van der Waals surface area contributed by atoms with Crippen molar-refractivity contribution in [2.45, 2.75) is 18.9 Å². The number of amides is 2. The topological polar surface area (TPSA) is 85.0 Å². The van der Waals surface area contributed by atoms with Crippen molar-refractivity contribution in [3.63, 3.8) is 0 Å². The Balaban J connectivity index is 1.34. The van der Waals surface area contributed by atoms with E-state index in [1.165, 1.54) is 0 Å². The van der Waals surface area contributed by atoms with Crippen LogP contribution in [0.5, 0.6) is 0 Å². The Morgan fingerprint density at radius 1 is 1.13 bits per heavy atom. The van der Waals surface area contributed by atoms with Gasteiger partial charge in [-0.05, 0) is 30.4 Å². The molecule has 1 aliphatic rings. The van der Waals surface area contributed by atoms with Crippen LogP contribution in [0.4, 0.5) is 0 Å². The molecule has 1 unspecified atom stereocenters. The molecule has 1 aromatic carbocycles. The average molecular weight is 406 g/mol. The Morgan fingerprint density at radius 2 is 1.90 bits per heavy atom. The molecular formula is C22H26N6O2. The zero-order chi connectivity index (χ0) is 20.9. The third-order valence-corrected chi connectivity index (χ3v) is 5.58. The highest BCUT2D eigenvalue weighted by Crippen LogP contribution is 2.24. The maximum absolute atomic E-state index is 13.3. The molecule has 30 heavy (non-hydrogen) atoms. The van der Waals surface area contributed by atoms with Gasteiger partial charge in [0.2, 0.25) is 0 Å². The molecule has 1 N–H and O–H groups in total. The minimum absolute atomic E-state index is 0.0581. The third kappa shape index (κ3) is 4.42. The van der Waals surface area contributed by atoms with Crippen molar-refractivity contribution < 1.29 is 9.59 Å². The first-order chi connectivity index (χ1) is 14.6. The van der Waals surface area contributed by atoms with Gasteiger partial charge in [0.1, 0.15) is 0 Å². The molecule has 0 saturated carbocycles. The maximum Gasteiger partial charge on any atom is 0.254 e. The van der Waals surface area contributed by atoms with Gasteiger partial charge in [-0.1, -0.05) is 30.3 Å². The number of likely N-dealkylation sites (tertiary alicyclic amines) is 1. The fraction of sp³-hybridized carbons (Fsp3) is 0.364. The normalized spacial score (nSPS) is 15.7. The first-order valence-electron chi connectivity index (χ1n) is 10.2. The van der Waals surface area contributed by atoms with Crippen LogP contribution in [-0.2, 0) is 11.8 Å². The fourth-order valence-corrected chi connectivity index (χ4v) is 3.89. The molecule has 2 aromatic heterocycles. The molecule has 4 rings (SSSR count). The summed E-state index contributed by atoms with van der Waals surface area (Å²) >= 11 is 0. The van der Waals surface area contributed by atoms with E-state index in [9.17, 15) is 9.59 Å². The lowest BCUT2D eigenvalue weighted by atomic mass is 9.95. The predicted octanol–water partition coefficient (Wildman–Crippen LogP) is 1.87. The summed E-state index contributed by atoms with van der Waals surface area (Å²) in [4.78, 5) is 27.5. The van der Waals surface area contributed by atoms with Crippen LogP contribution in [0.1, 0.15) is 34.8 Å². The first kappa shape index (κ1) is 19.9. The molecule has 1 saturated heterocycles. The molecule has 1 aliphatic heterocycles. The lowest BCUT2D eigenvalue weighted by Crippen LogP contribution is -2.44. The summed E-state index contributed by atoms with van der Waals surface area (Å²) in [6.07, 6.45) is 8.52. The quantitative estimate of drug-likeness (QED) is 0.677. The number of hydrogen-bond acceptors (Lipinski definition) is 4. The van der Waals surface area contributed by atoms with Crippen LogP contribution in [0, 0.1) is 5.92 Å². The van der Waals surface area contributed by atoms with Gasteiger partial charge in [-0.15, -0.1) is 0 Å². The number of hydrogen-bond donors (Lipinski definition) is 1. The maximum atomic E-state index is 13.3. The van der Waals surface area contributed by atoms with Gasteiger partial charge in [-0.2, -0.15) is 10.2 Å². The zero-order valence-corrected chi connectivity index (χ0v) is 17.0. The molecule has 8 heteroatoms. The zero-order valence-electron chi connectivity index (χ0n) is 17.0. The minimum atomic E-state index is -0.456. The van der Waals surface area contributed by atoms with Gasteiger partial charge >= 0.3 is 0 Å². The second-order valence-electron chi connectivity index (χ2n) is 7.68. The number of rotatable bonds is 6. The Labute approximate surface area is 175 Å². The van der Waals surface area contributed by atoms with Crippen molar-refractivity contribution in [1.29, 1.82) is 0 Å². The summed E-state index contributed by atoms with van der Waals surface area (Å²) in [7, 11) is 1.79. The van der Waals surface area contributed by atoms with Gasteiger partial charge < -0.3 is 10.2 Å². The van der Waals surface area contributed by atoms with E-state index < -0.39 is 6.04 Å². The van der Waals surface area contributed by atoms with Gasteiger partial charge in [-0.25, -0.2) is 0 Å². The Morgan fingerprint density at radius 3 is 2.53 bits per heavy atom. The molecule has 1 atom stereocenters. The molecule has 1 fully saturated rings. The van der Waals surface area contributed by atoms with Crippen molar-refractivity contribution in [2.24, 2.45) is 13.0 Å². The summed E-state index contributed by atoms with van der Waals surface area (Å²) in [6.45, 7) is 1.96. The molecular weight excluding hydrogens is 380 g/mol. The van der Waals surface area contributed by atoms with E-state index in [0.717, 1.165) is 18.4 Å². The molecule has 0 aliphatic carbocycles. The van der Waals surface area contributed by atoms with Crippen LogP contribution in [0.2, 0.25) is 0 Å². The third-order valence-electron chi connectivity index (χ3n) is 5.58. The van der Waals surface area contributed by atoms with Crippen molar-refractivity contribution in [3.05, 3.63) is 72.3 Å². The largest absolute Gasteiger partial charge is 0.352 e. The van der Waals surface area contributed by atoms with Gasteiger partial charge in [0.15, 0.2) is 6.04 Å². The van der Waals surface area contributed by atoms with Crippen LogP contribution in [-0.4, -0.2) is 55.9 Å². The highest BCUT2D eigenvalue weighted by Gasteiger charge is 2.30. The van der Waals surface area contributed by atoms with Gasteiger partial charge in [-0.3, -0.25) is 19.0 Å². The van der Waals surface area contributed by atoms with Crippen LogP contribution in [0.3, 0.4) is 0 Å². The molecule has 0 bridgehead atoms. The number of piperidine rings is 1. The van der Waals surface area contributed by atoms with Crippen LogP contribution in [0.15, 0.2) is 61.2 Å². The van der Waals surface area contributed by atoms with E-state index in [4.69, 9.17) is 0 Å². The molecule has 2 amide bonds. The van der Waals surface area contributed by atoms with Crippen molar-refractivity contribution in [2.75, 3.05) is 19.6 Å². The predicted molar refractivity (Wildman–Crippen MR) is 112 cm³/mol. The number of aryl methyl sites for hydroxylation is 1. The van der Waals surface area contributed by atoms with Crippen LogP contribution >= 0.6 is 0 Å². The Bertz CT molecular complexity index is 974. The molecule has 0 radical (unpaired) electrons. The number of carbonyl (C=O) groups excluding carboxylic acids is 2. The molecule has 3 heterocycles. The van der Waals surface area contributed by atoms with E-state index in [-0.39, 0.29) is 11.8 Å². The minimum Gasteiger partial charge on any atom is -0.352 e. The summed E-state index contributed by atoms with van der Waals surface area (Å²) in [6, 6.07) is 11.1. The smallest absolute Gasteiger partial charge is 0.254 e. The van der Waals surface area contributed by atoms with Crippen molar-refractivity contribution in [3.8, 4) is 0 Å². The van der Waals surface area contributed by atoms with Crippen molar-refractivity contribution >= 4 is 11.8 Å². The van der Waals surface area contributed by atoms with Gasteiger partial charge in [0.25, 0.3) is 11.8 Å². The van der Waals surface area contributed by atoms with E-state index in [0.29, 0.717) is 31.1 Å². The molecule has 0 spiro atoms.